The van der Waals surface area contributed by atoms with E-state index in [9.17, 15) is 19.5 Å². The van der Waals surface area contributed by atoms with E-state index in [2.05, 4.69) is 0 Å². The first-order chi connectivity index (χ1) is 14.8. The third-order valence-electron chi connectivity index (χ3n) is 6.51. The molecule has 2 fully saturated rings. The zero-order valence-electron chi connectivity index (χ0n) is 18.3. The molecule has 10 heteroatoms. The summed E-state index contributed by atoms with van der Waals surface area (Å²) in [6.45, 7) is 1.47. The second kappa shape index (κ2) is 10.6. The Bertz CT molecular complexity index is 772. The minimum Gasteiger partial charge on any atom is -0.493 e. The summed E-state index contributed by atoms with van der Waals surface area (Å²) in [6, 6.07) is 5.85. The number of nitrogens with zero attached hydrogens (tertiary/aromatic N) is 1. The second-order valence-electron chi connectivity index (χ2n) is 8.52. The van der Waals surface area contributed by atoms with E-state index in [-0.39, 0.29) is 18.9 Å². The second-order valence-corrected chi connectivity index (χ2v) is 9.76. The van der Waals surface area contributed by atoms with Crippen LogP contribution in [0.1, 0.15) is 37.7 Å². The fraction of sp³-hybridized carbons (Fsp3) is 0.714. The lowest BCUT2D eigenvalue weighted by atomic mass is 9.89. The molecule has 4 atom stereocenters. The number of phosphoric ester groups is 1. The number of benzene rings is 1. The number of methoxy groups -OCH3 is 2. The van der Waals surface area contributed by atoms with Crippen LogP contribution >= 0.6 is 7.82 Å². The van der Waals surface area contributed by atoms with Gasteiger partial charge in [-0.1, -0.05) is 12.5 Å². The van der Waals surface area contributed by atoms with Crippen molar-refractivity contribution in [1.82, 2.24) is 0 Å². The van der Waals surface area contributed by atoms with Crippen LogP contribution in [0.5, 0.6) is 11.5 Å². The molecule has 0 amide bonds. The first-order valence-corrected chi connectivity index (χ1v) is 12.4. The molecular formula is C21H35NO8P+. The molecule has 0 spiro atoms. The SMILES string of the molecule is COc1ccc(CCO[C@@H]2CCCC[C@H]2[N@+]2(COP(=O)(O)O)CC[C@H](O)C2)cc1OC. The van der Waals surface area contributed by atoms with Crippen LogP contribution in [0.25, 0.3) is 0 Å². The van der Waals surface area contributed by atoms with Crippen molar-refractivity contribution in [2.24, 2.45) is 0 Å². The summed E-state index contributed by atoms with van der Waals surface area (Å²) < 4.78 is 33.6. The number of likely N-dealkylation sites (tertiary alicyclic amines) is 1. The molecule has 0 bridgehead atoms. The van der Waals surface area contributed by atoms with E-state index in [1.54, 1.807) is 14.2 Å². The van der Waals surface area contributed by atoms with Gasteiger partial charge in [-0.3, -0.25) is 4.48 Å². The van der Waals surface area contributed by atoms with Crippen LogP contribution in [0.2, 0.25) is 0 Å². The van der Waals surface area contributed by atoms with E-state index in [1.165, 1.54) is 0 Å². The summed E-state index contributed by atoms with van der Waals surface area (Å²) in [5, 5.41) is 10.2. The molecule has 0 radical (unpaired) electrons. The molecule has 9 nitrogen and oxygen atoms in total. The third-order valence-corrected chi connectivity index (χ3v) is 6.96. The van der Waals surface area contributed by atoms with E-state index >= 15 is 0 Å². The monoisotopic (exact) mass is 460 g/mol. The zero-order valence-corrected chi connectivity index (χ0v) is 19.2. The van der Waals surface area contributed by atoms with Crippen molar-refractivity contribution in [1.29, 1.82) is 0 Å². The zero-order chi connectivity index (χ0) is 22.5. The van der Waals surface area contributed by atoms with Crippen molar-refractivity contribution in [3.05, 3.63) is 23.8 Å². The van der Waals surface area contributed by atoms with Gasteiger partial charge in [0.05, 0.1) is 27.4 Å². The number of hydrogen-bond donors (Lipinski definition) is 3. The predicted molar refractivity (Wildman–Crippen MR) is 114 cm³/mol. The molecule has 3 rings (SSSR count). The molecular weight excluding hydrogens is 425 g/mol. The molecule has 1 aliphatic heterocycles. The van der Waals surface area contributed by atoms with Crippen LogP contribution in [-0.2, 0) is 20.2 Å². The van der Waals surface area contributed by atoms with Gasteiger partial charge < -0.3 is 29.1 Å². The Balaban J connectivity index is 1.66. The average Bonchev–Trinajstić information content (AvgIpc) is 3.14. The first kappa shape index (κ1) is 24.5. The molecule has 176 valence electrons. The van der Waals surface area contributed by atoms with Crippen molar-refractivity contribution >= 4 is 7.82 Å². The highest BCUT2D eigenvalue weighted by atomic mass is 31.2. The lowest BCUT2D eigenvalue weighted by Gasteiger charge is -2.46. The number of quaternary nitrogens is 1. The molecule has 2 aliphatic rings. The molecule has 0 unspecified atom stereocenters. The van der Waals surface area contributed by atoms with Gasteiger partial charge in [0.1, 0.15) is 24.8 Å². The highest BCUT2D eigenvalue weighted by molar-refractivity contribution is 7.46. The van der Waals surface area contributed by atoms with Crippen LogP contribution in [0.15, 0.2) is 18.2 Å². The normalized spacial score (nSPS) is 29.1. The summed E-state index contributed by atoms with van der Waals surface area (Å²) >= 11 is 0. The molecule has 1 heterocycles. The van der Waals surface area contributed by atoms with Crippen molar-refractivity contribution in [3.8, 4) is 11.5 Å². The Labute approximate surface area is 183 Å². The number of hydrogen-bond acceptors (Lipinski definition) is 6. The Morgan fingerprint density at radius 3 is 2.48 bits per heavy atom. The topological polar surface area (TPSA) is 115 Å². The first-order valence-electron chi connectivity index (χ1n) is 10.8. The van der Waals surface area contributed by atoms with E-state index in [0.29, 0.717) is 48.5 Å². The average molecular weight is 460 g/mol. The van der Waals surface area contributed by atoms with E-state index in [4.69, 9.17) is 18.7 Å². The minimum absolute atomic E-state index is 0.0421. The summed E-state index contributed by atoms with van der Waals surface area (Å²) in [5.41, 5.74) is 1.08. The van der Waals surface area contributed by atoms with Crippen LogP contribution < -0.4 is 9.47 Å². The molecule has 1 aromatic carbocycles. The Kier molecular flexibility index (Phi) is 8.37. The number of phosphoric acid groups is 1. The van der Waals surface area contributed by atoms with Gasteiger partial charge in [0.15, 0.2) is 18.2 Å². The number of aliphatic hydroxyl groups is 1. The molecule has 1 saturated heterocycles. The van der Waals surface area contributed by atoms with Gasteiger partial charge >= 0.3 is 7.82 Å². The molecule has 1 saturated carbocycles. The highest BCUT2D eigenvalue weighted by Gasteiger charge is 2.49. The Morgan fingerprint density at radius 2 is 1.84 bits per heavy atom. The highest BCUT2D eigenvalue weighted by Crippen LogP contribution is 2.41. The summed E-state index contributed by atoms with van der Waals surface area (Å²) in [6.07, 6.45) is 4.64. The number of rotatable bonds is 10. The fourth-order valence-electron chi connectivity index (χ4n) is 4.98. The van der Waals surface area contributed by atoms with Gasteiger partial charge in [-0.2, -0.15) is 0 Å². The predicted octanol–water partition coefficient (Wildman–Crippen LogP) is 2.22. The lowest BCUT2D eigenvalue weighted by molar-refractivity contribution is -0.960. The number of aliphatic hydroxyl groups excluding tert-OH is 1. The van der Waals surface area contributed by atoms with E-state index < -0.39 is 13.9 Å². The van der Waals surface area contributed by atoms with Gasteiger partial charge in [-0.15, -0.1) is 0 Å². The van der Waals surface area contributed by atoms with Crippen molar-refractivity contribution in [2.45, 2.75) is 56.8 Å². The van der Waals surface area contributed by atoms with Crippen LogP contribution in [0.3, 0.4) is 0 Å². The maximum absolute atomic E-state index is 11.4. The van der Waals surface area contributed by atoms with Crippen LogP contribution in [0, 0.1) is 0 Å². The quantitative estimate of drug-likeness (QED) is 0.360. The maximum atomic E-state index is 11.4. The molecule has 3 N–H and O–H groups in total. The summed E-state index contributed by atoms with van der Waals surface area (Å²) in [7, 11) is -1.37. The Morgan fingerprint density at radius 1 is 1.10 bits per heavy atom. The standard InChI is InChI=1S/C21H34NO8P/c1-27-20-8-7-16(13-21(20)28-2)10-12-29-19-6-4-3-5-18(19)22(11-9-17(23)14-22)15-30-31(24,25)26/h7-8,13,17-19,23H,3-6,9-12,14-15H2,1-2H3,(H-,24,25,26)/p+1/t17-,18+,19+,22+/m0/s1. The van der Waals surface area contributed by atoms with Gasteiger partial charge in [0.2, 0.25) is 0 Å². The maximum Gasteiger partial charge on any atom is 0.474 e. The van der Waals surface area contributed by atoms with Crippen molar-refractivity contribution < 1.29 is 42.7 Å². The minimum atomic E-state index is -4.59. The van der Waals surface area contributed by atoms with Crippen molar-refractivity contribution in [2.75, 3.05) is 40.6 Å². The van der Waals surface area contributed by atoms with Crippen LogP contribution in [0.4, 0.5) is 0 Å². The molecule has 31 heavy (non-hydrogen) atoms. The van der Waals surface area contributed by atoms with Gasteiger partial charge in [0, 0.05) is 12.8 Å². The van der Waals surface area contributed by atoms with E-state index in [1.807, 2.05) is 18.2 Å². The number of ether oxygens (including phenoxy) is 3. The third kappa shape index (κ3) is 6.42. The van der Waals surface area contributed by atoms with Crippen molar-refractivity contribution in [3.63, 3.8) is 0 Å². The Hall–Kier alpha value is -1.19. The summed E-state index contributed by atoms with van der Waals surface area (Å²) in [5.74, 6) is 1.37. The van der Waals surface area contributed by atoms with Gasteiger partial charge in [0.25, 0.3) is 0 Å². The lowest BCUT2D eigenvalue weighted by Crippen LogP contribution is -2.61. The smallest absolute Gasteiger partial charge is 0.474 e. The fourth-order valence-corrected chi connectivity index (χ4v) is 5.36. The van der Waals surface area contributed by atoms with E-state index in [0.717, 1.165) is 31.2 Å². The van der Waals surface area contributed by atoms with Crippen LogP contribution in [-0.4, -0.2) is 78.3 Å². The largest absolute Gasteiger partial charge is 0.493 e. The van der Waals surface area contributed by atoms with Gasteiger partial charge in [-0.05, 0) is 37.0 Å². The van der Waals surface area contributed by atoms with Gasteiger partial charge in [-0.25, -0.2) is 9.09 Å². The molecule has 1 aliphatic carbocycles. The summed E-state index contributed by atoms with van der Waals surface area (Å²) in [4.78, 5) is 18.5. The molecule has 1 aromatic rings. The molecule has 0 aromatic heterocycles.